The van der Waals surface area contributed by atoms with E-state index in [0.29, 0.717) is 28.8 Å². The van der Waals surface area contributed by atoms with Crippen LogP contribution in [0.5, 0.6) is 11.5 Å². The molecule has 0 fully saturated rings. The third-order valence-electron chi connectivity index (χ3n) is 5.04. The van der Waals surface area contributed by atoms with Gasteiger partial charge in [0.05, 0.1) is 31.9 Å². The number of aromatic nitrogens is 6. The van der Waals surface area contributed by atoms with E-state index in [0.717, 1.165) is 12.4 Å². The van der Waals surface area contributed by atoms with E-state index >= 15 is 0 Å². The Morgan fingerprint density at radius 3 is 2.37 bits per heavy atom. The summed E-state index contributed by atoms with van der Waals surface area (Å²) in [6.07, 6.45) is 3.28. The molecule has 0 unspecified atom stereocenters. The van der Waals surface area contributed by atoms with Crippen LogP contribution in [0.1, 0.15) is 18.6 Å². The van der Waals surface area contributed by atoms with E-state index in [4.69, 9.17) is 13.9 Å². The number of rotatable bonds is 9. The normalized spacial score (nSPS) is 12.4. The number of hydrogen-bond acceptors (Lipinski definition) is 10. The van der Waals surface area contributed by atoms with E-state index in [2.05, 4.69) is 29.9 Å². The van der Waals surface area contributed by atoms with Crippen molar-refractivity contribution in [2.24, 2.45) is 0 Å². The largest absolute Gasteiger partial charge is 0.494 e. The predicted octanol–water partition coefficient (Wildman–Crippen LogP) is 2.55. The molecule has 3 aromatic heterocycles. The van der Waals surface area contributed by atoms with Gasteiger partial charge < -0.3 is 13.9 Å². The van der Waals surface area contributed by atoms with E-state index < -0.39 is 21.1 Å². The summed E-state index contributed by atoms with van der Waals surface area (Å²) in [5.41, 5.74) is 0.673. The second kappa shape index (κ2) is 9.66. The van der Waals surface area contributed by atoms with Crippen molar-refractivity contribution >= 4 is 16.0 Å². The lowest BCUT2D eigenvalue weighted by Gasteiger charge is -2.18. The molecule has 0 spiro atoms. The monoisotopic (exact) mass is 503 g/mol. The molecule has 14 heteroatoms. The van der Waals surface area contributed by atoms with E-state index in [1.807, 2.05) is 0 Å². The summed E-state index contributed by atoms with van der Waals surface area (Å²) < 4.78 is 59.7. The number of aryl methyl sites for hydroxylation is 1. The quantitative estimate of drug-likeness (QED) is 0.361. The first-order valence-electron chi connectivity index (χ1n) is 10.3. The van der Waals surface area contributed by atoms with Crippen LogP contribution in [-0.2, 0) is 16.4 Å². The average molecular weight is 504 g/mol. The van der Waals surface area contributed by atoms with E-state index in [9.17, 15) is 12.8 Å². The highest BCUT2D eigenvalue weighted by molar-refractivity contribution is 7.93. The van der Waals surface area contributed by atoms with Crippen LogP contribution in [0, 0.1) is 12.7 Å². The lowest BCUT2D eigenvalue weighted by Crippen LogP contribution is -2.29. The summed E-state index contributed by atoms with van der Waals surface area (Å²) >= 11 is 0. The number of sulfonamides is 1. The molecular formula is C21H22FN7O5S. The van der Waals surface area contributed by atoms with Crippen LogP contribution >= 0.6 is 0 Å². The topological polar surface area (TPSA) is 147 Å². The highest BCUT2D eigenvalue weighted by Crippen LogP contribution is 2.37. The molecule has 184 valence electrons. The molecule has 3 heterocycles. The fourth-order valence-electron chi connectivity index (χ4n) is 3.29. The summed E-state index contributed by atoms with van der Waals surface area (Å²) in [5, 5.41) is 7.22. The minimum Gasteiger partial charge on any atom is -0.494 e. The highest BCUT2D eigenvalue weighted by atomic mass is 32.2. The number of nitrogens with zero attached hydrogens (tertiary/aromatic N) is 6. The molecule has 0 aliphatic carbocycles. The van der Waals surface area contributed by atoms with Gasteiger partial charge in [-0.05, 0) is 19.1 Å². The molecule has 1 aromatic carbocycles. The molecule has 0 amide bonds. The Labute approximate surface area is 200 Å². The van der Waals surface area contributed by atoms with Crippen molar-refractivity contribution in [2.75, 3.05) is 18.9 Å². The molecule has 0 aliphatic rings. The van der Waals surface area contributed by atoms with Crippen LogP contribution < -0.4 is 14.2 Å². The fraction of sp³-hybridized carbons (Fsp3) is 0.286. The molecule has 0 aliphatic heterocycles. The summed E-state index contributed by atoms with van der Waals surface area (Å²) in [6.45, 7) is 3.14. The molecular weight excluding hydrogens is 481 g/mol. The van der Waals surface area contributed by atoms with Gasteiger partial charge in [-0.3, -0.25) is 9.29 Å². The molecule has 4 aromatic rings. The van der Waals surface area contributed by atoms with Crippen LogP contribution in [0.25, 0.3) is 17.2 Å². The van der Waals surface area contributed by atoms with Crippen molar-refractivity contribution in [1.29, 1.82) is 0 Å². The van der Waals surface area contributed by atoms with Crippen molar-refractivity contribution < 1.29 is 26.7 Å². The lowest BCUT2D eigenvalue weighted by molar-refractivity contribution is 0.391. The Bertz CT molecular complexity index is 1410. The number of ether oxygens (including phenoxy) is 2. The van der Waals surface area contributed by atoms with Crippen molar-refractivity contribution in [3.8, 4) is 28.7 Å². The Balaban J connectivity index is 1.79. The van der Waals surface area contributed by atoms with Crippen LogP contribution in [-0.4, -0.2) is 57.6 Å². The molecule has 0 bridgehead atoms. The third kappa shape index (κ3) is 4.91. The molecule has 12 nitrogen and oxygen atoms in total. The van der Waals surface area contributed by atoms with Crippen LogP contribution in [0.4, 0.5) is 10.3 Å². The molecule has 0 saturated carbocycles. The molecule has 35 heavy (non-hydrogen) atoms. The van der Waals surface area contributed by atoms with Crippen molar-refractivity contribution in [3.63, 3.8) is 0 Å². The van der Waals surface area contributed by atoms with Gasteiger partial charge in [0, 0.05) is 13.3 Å². The number of benzene rings is 1. The van der Waals surface area contributed by atoms with Crippen LogP contribution in [0.3, 0.4) is 0 Å². The van der Waals surface area contributed by atoms with Crippen molar-refractivity contribution in [3.05, 3.63) is 54.4 Å². The molecule has 0 radical (unpaired) electrons. The van der Waals surface area contributed by atoms with E-state index in [-0.39, 0.29) is 24.0 Å². The molecule has 1 N–H and O–H groups in total. The van der Waals surface area contributed by atoms with E-state index in [1.54, 1.807) is 25.1 Å². The number of methoxy groups -OCH3 is 2. The van der Waals surface area contributed by atoms with Gasteiger partial charge in [-0.15, -0.1) is 10.2 Å². The van der Waals surface area contributed by atoms with Gasteiger partial charge in [0.15, 0.2) is 17.5 Å². The van der Waals surface area contributed by atoms with Crippen molar-refractivity contribution in [1.82, 2.24) is 29.7 Å². The highest BCUT2D eigenvalue weighted by Gasteiger charge is 2.29. The lowest BCUT2D eigenvalue weighted by atomic mass is 10.2. The standard InChI is InChI=1S/C21H22FN7O5S/c1-12(8-18-23-9-14(22)10-24-18)35(30,31)28-21-27-26-20(15-11-34-13(2)25-15)29(21)19-16(32-3)6-5-7-17(19)33-4/h5-7,9-12H,8H2,1-4H3,(H,27,28)/t12-/m0/s1. The average Bonchev–Trinajstić information content (AvgIpc) is 3.45. The summed E-state index contributed by atoms with van der Waals surface area (Å²) in [5.74, 6) is 0.759. The van der Waals surface area contributed by atoms with Crippen LogP contribution in [0.2, 0.25) is 0 Å². The van der Waals surface area contributed by atoms with E-state index in [1.165, 1.54) is 32.0 Å². The smallest absolute Gasteiger partial charge is 0.243 e. The summed E-state index contributed by atoms with van der Waals surface area (Å²) in [6, 6.07) is 5.09. The van der Waals surface area contributed by atoms with Gasteiger partial charge in [0.2, 0.25) is 16.0 Å². The zero-order chi connectivity index (χ0) is 25.2. The molecule has 0 saturated heterocycles. The number of anilines is 1. The summed E-state index contributed by atoms with van der Waals surface area (Å²) in [7, 11) is -1.09. The Morgan fingerprint density at radius 2 is 1.80 bits per heavy atom. The third-order valence-corrected chi connectivity index (χ3v) is 6.74. The van der Waals surface area contributed by atoms with Gasteiger partial charge in [0.25, 0.3) is 0 Å². The second-order valence-electron chi connectivity index (χ2n) is 7.42. The van der Waals surface area contributed by atoms with Gasteiger partial charge in [-0.2, -0.15) is 0 Å². The minimum atomic E-state index is -4.03. The molecule has 1 atom stereocenters. The first-order chi connectivity index (χ1) is 16.7. The van der Waals surface area contributed by atoms with Gasteiger partial charge in [0.1, 0.15) is 35.0 Å². The number of nitrogens with one attached hydrogen (secondary N) is 1. The Hall–Kier alpha value is -4.07. The summed E-state index contributed by atoms with van der Waals surface area (Å²) in [4.78, 5) is 12.0. The number of halogens is 1. The van der Waals surface area contributed by atoms with Gasteiger partial charge in [-0.25, -0.2) is 27.8 Å². The maximum absolute atomic E-state index is 13.2. The first-order valence-corrected chi connectivity index (χ1v) is 11.9. The minimum absolute atomic E-state index is 0.0585. The second-order valence-corrected chi connectivity index (χ2v) is 9.52. The van der Waals surface area contributed by atoms with Crippen molar-refractivity contribution in [2.45, 2.75) is 25.5 Å². The maximum Gasteiger partial charge on any atom is 0.243 e. The fourth-order valence-corrected chi connectivity index (χ4v) is 4.24. The number of para-hydroxylation sites is 1. The SMILES string of the molecule is COc1cccc(OC)c1-n1c(NS(=O)(=O)[C@@H](C)Cc2ncc(F)cn2)nnc1-c1coc(C)n1. The van der Waals surface area contributed by atoms with Gasteiger partial charge in [-0.1, -0.05) is 6.07 Å². The Kier molecular flexibility index (Phi) is 6.64. The first kappa shape index (κ1) is 24.1. The van der Waals surface area contributed by atoms with Gasteiger partial charge >= 0.3 is 0 Å². The zero-order valence-corrected chi connectivity index (χ0v) is 20.1. The Morgan fingerprint density at radius 1 is 1.14 bits per heavy atom. The molecule has 4 rings (SSSR count). The maximum atomic E-state index is 13.2. The number of oxazole rings is 1. The van der Waals surface area contributed by atoms with Crippen LogP contribution in [0.15, 0.2) is 41.3 Å². The number of hydrogen-bond donors (Lipinski definition) is 1. The predicted molar refractivity (Wildman–Crippen MR) is 122 cm³/mol. The zero-order valence-electron chi connectivity index (χ0n) is 19.3.